The Bertz CT molecular complexity index is 583. The van der Waals surface area contributed by atoms with E-state index in [-0.39, 0.29) is 11.9 Å². The molecule has 0 heterocycles. The summed E-state index contributed by atoms with van der Waals surface area (Å²) in [4.78, 5) is 12.6. The molecule has 3 nitrogen and oxygen atoms in total. The van der Waals surface area contributed by atoms with Crippen LogP contribution in [0.5, 0.6) is 0 Å². The van der Waals surface area contributed by atoms with E-state index >= 15 is 0 Å². The van der Waals surface area contributed by atoms with Crippen molar-refractivity contribution in [2.45, 2.75) is 12.1 Å². The van der Waals surface area contributed by atoms with Gasteiger partial charge in [-0.3, -0.25) is 4.79 Å². The van der Waals surface area contributed by atoms with Gasteiger partial charge in [0.25, 0.3) is 0 Å². The molecule has 0 aromatic heterocycles. The van der Waals surface area contributed by atoms with Crippen LogP contribution in [0.3, 0.4) is 0 Å². The molecule has 4 heteroatoms. The lowest BCUT2D eigenvalue weighted by Gasteiger charge is -2.25. The highest BCUT2D eigenvalue weighted by atomic mass is 35.5. The highest BCUT2D eigenvalue weighted by Gasteiger charge is 2.28. The summed E-state index contributed by atoms with van der Waals surface area (Å²) in [6.45, 7) is 0. The van der Waals surface area contributed by atoms with Gasteiger partial charge < -0.3 is 10.1 Å². The topological polar surface area (TPSA) is 38.3 Å². The Morgan fingerprint density at radius 2 is 1.71 bits per heavy atom. The van der Waals surface area contributed by atoms with Gasteiger partial charge in [0.2, 0.25) is 0 Å². The predicted molar refractivity (Wildman–Crippen MR) is 84.8 cm³/mol. The molecule has 0 spiro atoms. The van der Waals surface area contributed by atoms with E-state index in [0.717, 1.165) is 5.56 Å². The molecule has 0 aliphatic carbocycles. The fourth-order valence-corrected chi connectivity index (χ4v) is 2.44. The zero-order chi connectivity index (χ0) is 15.2. The smallest absolute Gasteiger partial charge is 0.182 e. The molecule has 0 radical (unpaired) electrons. The van der Waals surface area contributed by atoms with Crippen LogP contribution in [0.15, 0.2) is 54.6 Å². The number of Topliss-reactive ketones (excluding diaryl/α,β-unsaturated/α-hetero) is 1. The first kappa shape index (κ1) is 15.7. The van der Waals surface area contributed by atoms with E-state index in [0.29, 0.717) is 10.6 Å². The van der Waals surface area contributed by atoms with Gasteiger partial charge in [-0.1, -0.05) is 54.1 Å². The summed E-state index contributed by atoms with van der Waals surface area (Å²) in [5, 5.41) is 3.71. The second-order valence-electron chi connectivity index (χ2n) is 4.70. The first-order chi connectivity index (χ1) is 10.2. The molecule has 0 saturated heterocycles. The van der Waals surface area contributed by atoms with Gasteiger partial charge in [-0.15, -0.1) is 0 Å². The Kier molecular flexibility index (Phi) is 5.51. The molecule has 0 aliphatic heterocycles. The van der Waals surface area contributed by atoms with Crippen LogP contribution in [0.25, 0.3) is 0 Å². The first-order valence-corrected chi connectivity index (χ1v) is 7.10. The second kappa shape index (κ2) is 7.36. The first-order valence-electron chi connectivity index (χ1n) is 6.72. The summed E-state index contributed by atoms with van der Waals surface area (Å²) < 4.78 is 5.55. The summed E-state index contributed by atoms with van der Waals surface area (Å²) in [6, 6.07) is 16.1. The zero-order valence-electron chi connectivity index (χ0n) is 12.0. The number of nitrogens with one attached hydrogen (secondary N) is 1. The Labute approximate surface area is 129 Å². The number of benzene rings is 2. The van der Waals surface area contributed by atoms with Gasteiger partial charge >= 0.3 is 0 Å². The van der Waals surface area contributed by atoms with Crippen molar-refractivity contribution >= 4 is 17.4 Å². The van der Waals surface area contributed by atoms with Crippen LogP contribution in [0.4, 0.5) is 0 Å². The molecule has 0 saturated carbocycles. The number of ether oxygens (including phenoxy) is 1. The van der Waals surface area contributed by atoms with Crippen LogP contribution in [0.1, 0.15) is 22.0 Å². The van der Waals surface area contributed by atoms with E-state index in [4.69, 9.17) is 16.3 Å². The number of carbonyl (C=O) groups is 1. The highest BCUT2D eigenvalue weighted by molar-refractivity contribution is 6.30. The molecular formula is C17H18ClNO2. The summed E-state index contributed by atoms with van der Waals surface area (Å²) in [5.41, 5.74) is 1.57. The molecule has 21 heavy (non-hydrogen) atoms. The molecule has 110 valence electrons. The molecule has 0 amide bonds. The molecule has 1 N–H and O–H groups in total. The Morgan fingerprint density at radius 1 is 1.10 bits per heavy atom. The van der Waals surface area contributed by atoms with Crippen LogP contribution >= 0.6 is 11.6 Å². The van der Waals surface area contributed by atoms with Crippen molar-refractivity contribution in [3.8, 4) is 0 Å². The number of methoxy groups -OCH3 is 1. The second-order valence-corrected chi connectivity index (χ2v) is 5.14. The van der Waals surface area contributed by atoms with E-state index in [9.17, 15) is 4.79 Å². The number of rotatable bonds is 6. The number of carbonyl (C=O) groups excluding carboxylic acids is 1. The van der Waals surface area contributed by atoms with Crippen molar-refractivity contribution in [3.05, 3.63) is 70.7 Å². The molecule has 2 aromatic rings. The lowest BCUT2D eigenvalue weighted by molar-refractivity contribution is 0.0565. The molecule has 2 unspecified atom stereocenters. The third kappa shape index (κ3) is 3.70. The van der Waals surface area contributed by atoms with Gasteiger partial charge in [0.05, 0.1) is 0 Å². The quantitative estimate of drug-likeness (QED) is 0.830. The van der Waals surface area contributed by atoms with E-state index in [2.05, 4.69) is 5.32 Å². The Hall–Kier alpha value is -1.68. The maximum Gasteiger partial charge on any atom is 0.182 e. The molecular weight excluding hydrogens is 286 g/mol. The fraction of sp³-hybridized carbons (Fsp3) is 0.235. The molecule has 0 bridgehead atoms. The normalized spacial score (nSPS) is 13.7. The highest BCUT2D eigenvalue weighted by Crippen LogP contribution is 2.24. The van der Waals surface area contributed by atoms with E-state index in [1.54, 1.807) is 38.4 Å². The molecule has 0 fully saturated rings. The summed E-state index contributed by atoms with van der Waals surface area (Å²) >= 11 is 5.91. The lowest BCUT2D eigenvalue weighted by atomic mass is 9.95. The van der Waals surface area contributed by atoms with Crippen molar-refractivity contribution in [1.82, 2.24) is 5.32 Å². The third-order valence-corrected chi connectivity index (χ3v) is 3.66. The lowest BCUT2D eigenvalue weighted by Crippen LogP contribution is -2.40. The van der Waals surface area contributed by atoms with Crippen molar-refractivity contribution in [1.29, 1.82) is 0 Å². The van der Waals surface area contributed by atoms with Crippen molar-refractivity contribution in [2.24, 2.45) is 0 Å². The predicted octanol–water partition coefficient (Wildman–Crippen LogP) is 3.50. The maximum atomic E-state index is 12.6. The number of hydrogen-bond acceptors (Lipinski definition) is 3. The minimum Gasteiger partial charge on any atom is -0.375 e. The minimum absolute atomic E-state index is 0.0000926. The maximum absolute atomic E-state index is 12.6. The number of likely N-dealkylation sites (N-methyl/N-ethyl adjacent to an activating group) is 1. The van der Waals surface area contributed by atoms with Crippen LogP contribution < -0.4 is 5.32 Å². The van der Waals surface area contributed by atoms with E-state index in [1.807, 2.05) is 30.3 Å². The third-order valence-electron chi connectivity index (χ3n) is 3.41. The largest absolute Gasteiger partial charge is 0.375 e. The minimum atomic E-state index is -0.460. The number of hydrogen-bond donors (Lipinski definition) is 1. The van der Waals surface area contributed by atoms with Crippen molar-refractivity contribution < 1.29 is 9.53 Å². The summed E-state index contributed by atoms with van der Waals surface area (Å²) in [7, 11) is 3.36. The molecule has 2 atom stereocenters. The van der Waals surface area contributed by atoms with E-state index < -0.39 is 6.04 Å². The fourth-order valence-electron chi connectivity index (χ4n) is 2.32. The van der Waals surface area contributed by atoms with Crippen LogP contribution in [0.2, 0.25) is 5.02 Å². The van der Waals surface area contributed by atoms with Crippen LogP contribution in [-0.2, 0) is 4.74 Å². The van der Waals surface area contributed by atoms with E-state index in [1.165, 1.54) is 0 Å². The zero-order valence-corrected chi connectivity index (χ0v) is 12.8. The van der Waals surface area contributed by atoms with Crippen LogP contribution in [0, 0.1) is 0 Å². The van der Waals surface area contributed by atoms with Crippen molar-refractivity contribution in [2.75, 3.05) is 14.2 Å². The van der Waals surface area contributed by atoms with Gasteiger partial charge in [-0.25, -0.2) is 0 Å². The Morgan fingerprint density at radius 3 is 2.24 bits per heavy atom. The average Bonchev–Trinajstić information content (AvgIpc) is 2.54. The van der Waals surface area contributed by atoms with Crippen LogP contribution in [-0.4, -0.2) is 26.0 Å². The summed E-state index contributed by atoms with van der Waals surface area (Å²) in [6.07, 6.45) is -0.375. The molecule has 2 aromatic carbocycles. The monoisotopic (exact) mass is 303 g/mol. The average molecular weight is 304 g/mol. The molecule has 0 aliphatic rings. The molecule has 2 rings (SSSR count). The standard InChI is InChI=1S/C17H18ClNO2/c1-19-15(16(20)12-6-4-3-5-7-12)17(21-2)13-8-10-14(18)11-9-13/h3-11,15,17,19H,1-2H3. The van der Waals surface area contributed by atoms with Gasteiger partial charge in [-0.05, 0) is 24.7 Å². The number of halogens is 1. The van der Waals surface area contributed by atoms with Crippen molar-refractivity contribution in [3.63, 3.8) is 0 Å². The van der Waals surface area contributed by atoms with Gasteiger partial charge in [-0.2, -0.15) is 0 Å². The van der Waals surface area contributed by atoms with Gasteiger partial charge in [0.15, 0.2) is 5.78 Å². The number of ketones is 1. The van der Waals surface area contributed by atoms with Gasteiger partial charge in [0, 0.05) is 17.7 Å². The Balaban J connectivity index is 2.29. The SMILES string of the molecule is CNC(C(=O)c1ccccc1)C(OC)c1ccc(Cl)cc1. The van der Waals surface area contributed by atoms with Gasteiger partial charge in [0.1, 0.15) is 12.1 Å². The summed E-state index contributed by atoms with van der Waals surface area (Å²) in [5.74, 6) is -0.0000926.